The number of aliphatic imine (C=N–C) groups is 2. The van der Waals surface area contributed by atoms with E-state index in [1.807, 2.05) is 6.08 Å². The summed E-state index contributed by atoms with van der Waals surface area (Å²) in [6.45, 7) is 5.50. The van der Waals surface area contributed by atoms with Gasteiger partial charge in [0.05, 0.1) is 6.20 Å². The van der Waals surface area contributed by atoms with Gasteiger partial charge in [-0.1, -0.05) is 17.7 Å². The van der Waals surface area contributed by atoms with E-state index in [-0.39, 0.29) is 0 Å². The number of hydrogen-bond donors (Lipinski definition) is 1. The first-order valence-corrected chi connectivity index (χ1v) is 4.52. The molecule has 1 rings (SSSR count). The van der Waals surface area contributed by atoms with Crippen molar-refractivity contribution in [2.75, 3.05) is 7.05 Å². The zero-order valence-corrected chi connectivity index (χ0v) is 8.62. The SMILES string of the molecule is C=N/C(=C\N=C1C=CC(C)=CC1)NC. The van der Waals surface area contributed by atoms with E-state index in [2.05, 4.69) is 41.1 Å². The van der Waals surface area contributed by atoms with Crippen LogP contribution in [0.15, 0.2) is 45.8 Å². The summed E-state index contributed by atoms with van der Waals surface area (Å²) in [5, 5.41) is 2.89. The van der Waals surface area contributed by atoms with Crippen molar-refractivity contribution < 1.29 is 0 Å². The maximum atomic E-state index is 4.29. The second-order valence-electron chi connectivity index (χ2n) is 3.03. The van der Waals surface area contributed by atoms with Crippen LogP contribution < -0.4 is 5.32 Å². The third kappa shape index (κ3) is 3.01. The molecule has 0 amide bonds. The fraction of sp³-hybridized carbons (Fsp3) is 0.273. The van der Waals surface area contributed by atoms with Crippen LogP contribution in [-0.2, 0) is 0 Å². The zero-order valence-electron chi connectivity index (χ0n) is 8.62. The minimum Gasteiger partial charge on any atom is -0.372 e. The van der Waals surface area contributed by atoms with Crippen LogP contribution in [0.4, 0.5) is 0 Å². The van der Waals surface area contributed by atoms with E-state index in [4.69, 9.17) is 0 Å². The summed E-state index contributed by atoms with van der Waals surface area (Å²) in [6.07, 6.45) is 8.78. The lowest BCUT2D eigenvalue weighted by molar-refractivity contribution is 0.961. The quantitative estimate of drug-likeness (QED) is 0.678. The Kier molecular flexibility index (Phi) is 3.85. The van der Waals surface area contributed by atoms with Gasteiger partial charge in [-0.3, -0.25) is 4.99 Å². The van der Waals surface area contributed by atoms with Crippen LogP contribution in [0.25, 0.3) is 0 Å². The fourth-order valence-electron chi connectivity index (χ4n) is 1.05. The first kappa shape index (κ1) is 10.4. The normalized spacial score (nSPS) is 19.4. The average molecular weight is 189 g/mol. The third-order valence-electron chi connectivity index (χ3n) is 1.95. The van der Waals surface area contributed by atoms with Gasteiger partial charge in [-0.15, -0.1) is 0 Å². The molecule has 0 fully saturated rings. The van der Waals surface area contributed by atoms with Crippen LogP contribution in [-0.4, -0.2) is 19.5 Å². The Morgan fingerprint density at radius 3 is 2.86 bits per heavy atom. The van der Waals surface area contributed by atoms with Crippen molar-refractivity contribution in [1.29, 1.82) is 0 Å². The fourth-order valence-corrected chi connectivity index (χ4v) is 1.05. The van der Waals surface area contributed by atoms with E-state index in [1.165, 1.54) is 5.57 Å². The third-order valence-corrected chi connectivity index (χ3v) is 1.95. The van der Waals surface area contributed by atoms with Crippen molar-refractivity contribution in [2.45, 2.75) is 13.3 Å². The molecule has 0 spiro atoms. The van der Waals surface area contributed by atoms with E-state index < -0.39 is 0 Å². The van der Waals surface area contributed by atoms with E-state index >= 15 is 0 Å². The molecule has 0 aromatic carbocycles. The highest BCUT2D eigenvalue weighted by atomic mass is 15.0. The molecular weight excluding hydrogens is 174 g/mol. The Morgan fingerprint density at radius 1 is 1.57 bits per heavy atom. The van der Waals surface area contributed by atoms with Gasteiger partial charge in [0.2, 0.25) is 0 Å². The van der Waals surface area contributed by atoms with Crippen molar-refractivity contribution >= 4 is 12.4 Å². The first-order valence-electron chi connectivity index (χ1n) is 4.52. The topological polar surface area (TPSA) is 36.8 Å². The van der Waals surface area contributed by atoms with Crippen LogP contribution in [0.3, 0.4) is 0 Å². The molecule has 1 N–H and O–H groups in total. The zero-order chi connectivity index (χ0) is 10.4. The minimum atomic E-state index is 0.678. The van der Waals surface area contributed by atoms with Gasteiger partial charge < -0.3 is 5.32 Å². The Labute approximate surface area is 84.7 Å². The van der Waals surface area contributed by atoms with E-state index in [1.54, 1.807) is 13.2 Å². The van der Waals surface area contributed by atoms with Crippen LogP contribution >= 0.6 is 0 Å². The molecule has 0 atom stereocenters. The van der Waals surface area contributed by atoms with Gasteiger partial charge >= 0.3 is 0 Å². The molecule has 3 heteroatoms. The van der Waals surface area contributed by atoms with Crippen molar-refractivity contribution in [1.82, 2.24) is 5.32 Å². The van der Waals surface area contributed by atoms with Crippen LogP contribution in [0.2, 0.25) is 0 Å². The molecule has 0 unspecified atom stereocenters. The van der Waals surface area contributed by atoms with E-state index in [0.717, 1.165) is 12.1 Å². The molecule has 0 aliphatic heterocycles. The molecule has 1 aliphatic carbocycles. The predicted octanol–water partition coefficient (Wildman–Crippen LogP) is 2.05. The molecule has 1 aliphatic rings. The van der Waals surface area contributed by atoms with Gasteiger partial charge in [-0.2, -0.15) is 0 Å². The van der Waals surface area contributed by atoms with Gasteiger partial charge in [0, 0.05) is 19.2 Å². The number of allylic oxidation sites excluding steroid dienone is 4. The number of rotatable bonds is 3. The van der Waals surface area contributed by atoms with Crippen LogP contribution in [0.5, 0.6) is 0 Å². The molecule has 0 aromatic heterocycles. The van der Waals surface area contributed by atoms with Gasteiger partial charge in [0.1, 0.15) is 5.82 Å². The van der Waals surface area contributed by atoms with Gasteiger partial charge in [-0.05, 0) is 19.7 Å². The van der Waals surface area contributed by atoms with Gasteiger partial charge in [0.15, 0.2) is 0 Å². The summed E-state index contributed by atoms with van der Waals surface area (Å²) in [4.78, 5) is 8.05. The second kappa shape index (κ2) is 5.17. The molecule has 0 aromatic rings. The molecule has 74 valence electrons. The van der Waals surface area contributed by atoms with Crippen molar-refractivity contribution in [3.8, 4) is 0 Å². The van der Waals surface area contributed by atoms with Crippen LogP contribution in [0.1, 0.15) is 13.3 Å². The second-order valence-corrected chi connectivity index (χ2v) is 3.03. The molecular formula is C11H15N3. The summed E-state index contributed by atoms with van der Waals surface area (Å²) < 4.78 is 0. The summed E-state index contributed by atoms with van der Waals surface area (Å²) >= 11 is 0. The Morgan fingerprint density at radius 2 is 2.36 bits per heavy atom. The Balaban J connectivity index is 2.68. The summed E-state index contributed by atoms with van der Waals surface area (Å²) in [6, 6.07) is 0. The maximum Gasteiger partial charge on any atom is 0.143 e. The smallest absolute Gasteiger partial charge is 0.143 e. The Bertz CT molecular complexity index is 332. The molecule has 0 saturated heterocycles. The number of hydrogen-bond acceptors (Lipinski definition) is 3. The summed E-state index contributed by atoms with van der Waals surface area (Å²) in [5.41, 5.74) is 2.32. The lowest BCUT2D eigenvalue weighted by Gasteiger charge is -2.03. The van der Waals surface area contributed by atoms with E-state index in [0.29, 0.717) is 5.82 Å². The number of nitrogens with zero attached hydrogens (tertiary/aromatic N) is 2. The molecule has 3 nitrogen and oxygen atoms in total. The monoisotopic (exact) mass is 189 g/mol. The van der Waals surface area contributed by atoms with Crippen molar-refractivity contribution in [3.05, 3.63) is 35.8 Å². The average Bonchev–Trinajstić information content (AvgIpc) is 2.22. The highest BCUT2D eigenvalue weighted by Crippen LogP contribution is 2.07. The van der Waals surface area contributed by atoms with Crippen molar-refractivity contribution in [2.24, 2.45) is 9.98 Å². The lowest BCUT2D eigenvalue weighted by Crippen LogP contribution is -2.03. The lowest BCUT2D eigenvalue weighted by atomic mass is 10.1. The summed E-state index contributed by atoms with van der Waals surface area (Å²) in [7, 11) is 1.79. The van der Waals surface area contributed by atoms with Gasteiger partial charge in [-0.25, -0.2) is 4.99 Å². The molecule has 0 heterocycles. The van der Waals surface area contributed by atoms with E-state index in [9.17, 15) is 0 Å². The summed E-state index contributed by atoms with van der Waals surface area (Å²) in [5.74, 6) is 0.678. The standard InChI is InChI=1S/C11H15N3/c1-9-4-6-10(7-5-9)14-8-11(12-2)13-3/h4-6,8,13H,2,7H2,1,3H3/b11-8+,14-10?. The van der Waals surface area contributed by atoms with Crippen molar-refractivity contribution in [3.63, 3.8) is 0 Å². The number of nitrogens with one attached hydrogen (secondary N) is 1. The minimum absolute atomic E-state index is 0.678. The molecule has 0 bridgehead atoms. The highest BCUT2D eigenvalue weighted by molar-refractivity contribution is 5.97. The molecule has 0 radical (unpaired) electrons. The molecule has 0 saturated carbocycles. The predicted molar refractivity (Wildman–Crippen MR) is 61.6 cm³/mol. The van der Waals surface area contributed by atoms with Gasteiger partial charge in [0.25, 0.3) is 0 Å². The molecule has 14 heavy (non-hydrogen) atoms. The Hall–Kier alpha value is -1.64. The highest BCUT2D eigenvalue weighted by Gasteiger charge is 1.97. The largest absolute Gasteiger partial charge is 0.372 e. The maximum absolute atomic E-state index is 4.29. The first-order chi connectivity index (χ1) is 6.76. The van der Waals surface area contributed by atoms with Crippen LogP contribution in [0, 0.1) is 0 Å².